The molecule has 196 valence electrons. The molecule has 7 nitrogen and oxygen atoms in total. The van der Waals surface area contributed by atoms with Crippen LogP contribution in [0.4, 0.5) is 11.4 Å². The van der Waals surface area contributed by atoms with Crippen molar-refractivity contribution in [2.75, 3.05) is 32.1 Å². The van der Waals surface area contributed by atoms with Gasteiger partial charge in [0.2, 0.25) is 0 Å². The second-order valence-electron chi connectivity index (χ2n) is 9.38. The number of rotatable bonds is 8. The first-order valence-corrected chi connectivity index (χ1v) is 12.9. The molecule has 2 aromatic heterocycles. The largest absolute Gasteiger partial charge is 0.494 e. The van der Waals surface area contributed by atoms with Gasteiger partial charge in [-0.05, 0) is 62.6 Å². The lowest BCUT2D eigenvalue weighted by Gasteiger charge is -2.24. The Labute approximate surface area is 232 Å². The summed E-state index contributed by atoms with van der Waals surface area (Å²) in [6.45, 7) is 1.22. The first-order chi connectivity index (χ1) is 18.9. The van der Waals surface area contributed by atoms with Crippen LogP contribution in [0.1, 0.15) is 21.5 Å². The van der Waals surface area contributed by atoms with Gasteiger partial charge in [0.25, 0.3) is 5.91 Å². The second kappa shape index (κ2) is 11.5. The highest BCUT2D eigenvalue weighted by Crippen LogP contribution is 2.33. The molecule has 0 fully saturated rings. The molecule has 0 bridgehead atoms. The second-order valence-corrected chi connectivity index (χ2v) is 9.82. The van der Waals surface area contributed by atoms with Gasteiger partial charge in [0.15, 0.2) is 5.88 Å². The van der Waals surface area contributed by atoms with Crippen molar-refractivity contribution >= 4 is 45.5 Å². The van der Waals surface area contributed by atoms with Gasteiger partial charge in [-0.3, -0.25) is 9.78 Å². The third-order valence-electron chi connectivity index (χ3n) is 6.35. The summed E-state index contributed by atoms with van der Waals surface area (Å²) in [4.78, 5) is 29.2. The number of fused-ring (bicyclic) bond motifs is 1. The molecule has 5 aromatic rings. The smallest absolute Gasteiger partial charge is 0.259 e. The fourth-order valence-corrected chi connectivity index (χ4v) is 4.56. The van der Waals surface area contributed by atoms with Gasteiger partial charge in [-0.15, -0.1) is 0 Å². The number of nitrogens with one attached hydrogen (secondary N) is 1. The molecule has 5 rings (SSSR count). The molecule has 39 heavy (non-hydrogen) atoms. The summed E-state index contributed by atoms with van der Waals surface area (Å²) < 4.78 is 0. The predicted octanol–water partition coefficient (Wildman–Crippen LogP) is 6.30. The molecule has 0 aliphatic rings. The Kier molecular flexibility index (Phi) is 7.72. The summed E-state index contributed by atoms with van der Waals surface area (Å²) in [5.41, 5.74) is 4.75. The third-order valence-corrected chi connectivity index (χ3v) is 6.59. The number of aromatic amines is 1. The van der Waals surface area contributed by atoms with Crippen LogP contribution in [0.15, 0.2) is 102 Å². The van der Waals surface area contributed by atoms with E-state index in [1.54, 1.807) is 41.6 Å². The Morgan fingerprint density at radius 1 is 0.949 bits per heavy atom. The molecule has 2 N–H and O–H groups in total. The zero-order valence-electron chi connectivity index (χ0n) is 21.7. The lowest BCUT2D eigenvalue weighted by molar-refractivity contribution is 0.0985. The normalized spacial score (nSPS) is 11.7. The molecule has 0 radical (unpaired) electrons. The molecule has 8 heteroatoms. The van der Waals surface area contributed by atoms with Gasteiger partial charge in [-0.2, -0.15) is 0 Å². The Morgan fingerprint density at radius 2 is 1.69 bits per heavy atom. The zero-order valence-corrected chi connectivity index (χ0v) is 22.4. The Morgan fingerprint density at radius 3 is 2.38 bits per heavy atom. The number of halogens is 1. The maximum atomic E-state index is 13.3. The van der Waals surface area contributed by atoms with E-state index in [1.807, 2.05) is 79.7 Å². The van der Waals surface area contributed by atoms with E-state index in [-0.39, 0.29) is 11.8 Å². The summed E-state index contributed by atoms with van der Waals surface area (Å²) in [5.74, 6) is -0.100. The Balaban J connectivity index is 1.55. The van der Waals surface area contributed by atoms with E-state index in [4.69, 9.17) is 16.6 Å². The minimum atomic E-state index is -0.117. The van der Waals surface area contributed by atoms with Crippen molar-refractivity contribution in [2.24, 2.45) is 4.99 Å². The number of aliphatic imine (C=N–C) groups is 1. The van der Waals surface area contributed by atoms with E-state index in [9.17, 15) is 9.90 Å². The molecule has 0 unspecified atom stereocenters. The van der Waals surface area contributed by atoms with Crippen LogP contribution in [-0.4, -0.2) is 58.8 Å². The minimum absolute atomic E-state index is 0.0171. The van der Waals surface area contributed by atoms with E-state index < -0.39 is 0 Å². The van der Waals surface area contributed by atoms with Gasteiger partial charge < -0.3 is 19.9 Å². The Bertz CT molecular complexity index is 1610. The van der Waals surface area contributed by atoms with Gasteiger partial charge in [-0.1, -0.05) is 48.0 Å². The summed E-state index contributed by atoms with van der Waals surface area (Å²) in [7, 11) is 3.95. The number of benzene rings is 3. The number of hydrogen-bond donors (Lipinski definition) is 2. The molecular weight excluding hydrogens is 510 g/mol. The minimum Gasteiger partial charge on any atom is -0.494 e. The first-order valence-electron chi connectivity index (χ1n) is 12.5. The molecular formula is C31H28ClN5O2. The van der Waals surface area contributed by atoms with E-state index >= 15 is 0 Å². The highest BCUT2D eigenvalue weighted by Gasteiger charge is 2.20. The molecule has 0 aliphatic carbocycles. The van der Waals surface area contributed by atoms with Crippen LogP contribution in [0.2, 0.25) is 5.02 Å². The van der Waals surface area contributed by atoms with Crippen molar-refractivity contribution in [3.8, 4) is 5.88 Å². The maximum Gasteiger partial charge on any atom is 0.259 e. The first kappa shape index (κ1) is 26.2. The van der Waals surface area contributed by atoms with Crippen molar-refractivity contribution in [3.05, 3.63) is 119 Å². The average Bonchev–Trinajstić information content (AvgIpc) is 3.27. The van der Waals surface area contributed by atoms with Crippen LogP contribution < -0.4 is 4.90 Å². The molecule has 0 aliphatic heterocycles. The zero-order chi connectivity index (χ0) is 27.4. The number of H-pyrrole nitrogens is 1. The van der Waals surface area contributed by atoms with E-state index in [0.29, 0.717) is 40.6 Å². The van der Waals surface area contributed by atoms with E-state index in [2.05, 4.69) is 9.97 Å². The number of amides is 1. The van der Waals surface area contributed by atoms with Crippen LogP contribution in [0.3, 0.4) is 0 Å². The highest BCUT2D eigenvalue weighted by molar-refractivity contribution is 6.31. The molecule has 0 spiro atoms. The molecule has 0 saturated heterocycles. The van der Waals surface area contributed by atoms with Crippen molar-refractivity contribution in [3.63, 3.8) is 0 Å². The van der Waals surface area contributed by atoms with Crippen LogP contribution in [0, 0.1) is 0 Å². The van der Waals surface area contributed by atoms with Gasteiger partial charge in [0, 0.05) is 47.1 Å². The van der Waals surface area contributed by atoms with Crippen molar-refractivity contribution in [1.82, 2.24) is 14.9 Å². The summed E-state index contributed by atoms with van der Waals surface area (Å²) in [6, 6.07) is 26.2. The van der Waals surface area contributed by atoms with Gasteiger partial charge in [0.1, 0.15) is 0 Å². The van der Waals surface area contributed by atoms with Crippen LogP contribution in [0.5, 0.6) is 5.88 Å². The fraction of sp³-hybridized carbons (Fsp3) is 0.129. The number of hydrogen-bond acceptors (Lipinski definition) is 5. The maximum absolute atomic E-state index is 13.3. The Hall–Kier alpha value is -4.46. The summed E-state index contributed by atoms with van der Waals surface area (Å²) >= 11 is 6.18. The lowest BCUT2D eigenvalue weighted by atomic mass is 10.0. The highest BCUT2D eigenvalue weighted by atomic mass is 35.5. The van der Waals surface area contributed by atoms with Crippen molar-refractivity contribution in [2.45, 2.75) is 0 Å². The topological polar surface area (TPSA) is 84.8 Å². The monoisotopic (exact) mass is 537 g/mol. The quantitative estimate of drug-likeness (QED) is 0.227. The van der Waals surface area contributed by atoms with Gasteiger partial charge >= 0.3 is 0 Å². The third kappa shape index (κ3) is 5.85. The lowest BCUT2D eigenvalue weighted by Crippen LogP contribution is -2.36. The van der Waals surface area contributed by atoms with Gasteiger partial charge in [0.05, 0.1) is 28.0 Å². The molecule has 0 saturated carbocycles. The van der Waals surface area contributed by atoms with Crippen LogP contribution in [0.25, 0.3) is 10.9 Å². The van der Waals surface area contributed by atoms with Crippen LogP contribution in [-0.2, 0) is 0 Å². The molecule has 0 atom stereocenters. The van der Waals surface area contributed by atoms with E-state index in [1.165, 1.54) is 0 Å². The molecule has 2 heterocycles. The number of likely N-dealkylation sites (N-methyl/N-ethyl adjacent to an activating group) is 1. The number of pyridine rings is 1. The number of aromatic hydroxyl groups is 1. The van der Waals surface area contributed by atoms with E-state index in [0.717, 1.165) is 22.2 Å². The van der Waals surface area contributed by atoms with Crippen molar-refractivity contribution in [1.29, 1.82) is 0 Å². The number of carbonyl (C=O) groups excluding carboxylic acids is 1. The van der Waals surface area contributed by atoms with Crippen LogP contribution >= 0.6 is 11.6 Å². The molecule has 3 aromatic carbocycles. The summed E-state index contributed by atoms with van der Waals surface area (Å²) in [6.07, 6.45) is 3.23. The van der Waals surface area contributed by atoms with Gasteiger partial charge in [-0.25, -0.2) is 4.99 Å². The number of carbonyl (C=O) groups is 1. The average molecular weight is 538 g/mol. The number of anilines is 1. The fourth-order valence-electron chi connectivity index (χ4n) is 4.39. The molecule has 1 amide bonds. The van der Waals surface area contributed by atoms with Crippen molar-refractivity contribution < 1.29 is 9.90 Å². The standard InChI is InChI=1S/C31H28ClN5O2/c1-36(2)17-18-37(31(39)22-9-6-16-33-20-22)25-13-11-24(12-14-25)34-29(21-7-4-3-5-8-21)28-26-15-10-23(32)19-27(26)35-30(28)38/h3-16,19-20,35,38H,17-18H2,1-2H3. The number of aromatic nitrogens is 2. The number of nitrogens with zero attached hydrogens (tertiary/aromatic N) is 4. The summed E-state index contributed by atoms with van der Waals surface area (Å²) in [5, 5.41) is 12.3. The predicted molar refractivity (Wildman–Crippen MR) is 158 cm³/mol. The SMILES string of the molecule is CN(C)CCN(C(=O)c1cccnc1)c1ccc(N=C(c2ccccc2)c2c(O)[nH]c3cc(Cl)ccc23)cc1.